The minimum absolute atomic E-state index is 0.141. The summed E-state index contributed by atoms with van der Waals surface area (Å²) in [5.41, 5.74) is 0. The van der Waals surface area contributed by atoms with Crippen molar-refractivity contribution in [3.05, 3.63) is 29.3 Å². The molecule has 5 heteroatoms. The molecule has 0 N–H and O–H groups in total. The summed E-state index contributed by atoms with van der Waals surface area (Å²) in [6.45, 7) is 0. The zero-order valence-corrected chi connectivity index (χ0v) is 6.89. The summed E-state index contributed by atoms with van der Waals surface area (Å²) in [6.07, 6.45) is 0. The summed E-state index contributed by atoms with van der Waals surface area (Å²) in [5.74, 6) is 0.141. The molecule has 0 aliphatic rings. The molecule has 0 saturated heterocycles. The number of hydrogen-bond donors (Lipinski definition) is 0. The molecule has 11 heavy (non-hydrogen) atoms. The van der Waals surface area contributed by atoms with E-state index in [1.54, 1.807) is 18.2 Å². The van der Waals surface area contributed by atoms with Gasteiger partial charge < -0.3 is 8.74 Å². The maximum absolute atomic E-state index is 10.0. The highest BCUT2D eigenvalue weighted by molar-refractivity contribution is 7.74. The van der Waals surface area contributed by atoms with Crippen molar-refractivity contribution in [1.29, 1.82) is 0 Å². The van der Waals surface area contributed by atoms with Crippen molar-refractivity contribution >= 4 is 23.0 Å². The average molecular weight is 192 g/mol. The van der Waals surface area contributed by atoms with Crippen LogP contribution in [-0.4, -0.2) is 8.76 Å². The predicted octanol–water partition coefficient (Wildman–Crippen LogP) is 1.51. The standard InChI is InChI=1S/C6H5ClO3S/c7-5-3-1-2-4-6(5)10-11(8)9/h1-4H,(H,8,9)/p-1. The van der Waals surface area contributed by atoms with Gasteiger partial charge in [0.2, 0.25) is 0 Å². The highest BCUT2D eigenvalue weighted by Crippen LogP contribution is 2.23. The van der Waals surface area contributed by atoms with Crippen LogP contribution in [0.4, 0.5) is 0 Å². The number of halogens is 1. The summed E-state index contributed by atoms with van der Waals surface area (Å²) in [7, 11) is 0. The lowest BCUT2D eigenvalue weighted by Gasteiger charge is -2.07. The van der Waals surface area contributed by atoms with Crippen molar-refractivity contribution in [3.8, 4) is 5.75 Å². The third-order valence-corrected chi connectivity index (χ3v) is 1.62. The van der Waals surface area contributed by atoms with Gasteiger partial charge in [-0.25, -0.2) is 4.21 Å². The Bertz CT molecular complexity index is 276. The molecule has 0 heterocycles. The van der Waals surface area contributed by atoms with Crippen molar-refractivity contribution in [2.24, 2.45) is 0 Å². The van der Waals surface area contributed by atoms with E-state index in [-0.39, 0.29) is 10.8 Å². The van der Waals surface area contributed by atoms with E-state index in [9.17, 15) is 8.76 Å². The topological polar surface area (TPSA) is 49.4 Å². The van der Waals surface area contributed by atoms with Crippen LogP contribution in [-0.2, 0) is 11.4 Å². The molecule has 0 bridgehead atoms. The first-order valence-electron chi connectivity index (χ1n) is 2.72. The summed E-state index contributed by atoms with van der Waals surface area (Å²) >= 11 is 3.01. The van der Waals surface area contributed by atoms with Crippen molar-refractivity contribution in [1.82, 2.24) is 0 Å². The molecule has 60 valence electrons. The molecule has 0 radical (unpaired) electrons. The molecule has 0 aliphatic carbocycles. The van der Waals surface area contributed by atoms with E-state index in [1.807, 2.05) is 0 Å². The van der Waals surface area contributed by atoms with Gasteiger partial charge in [0, 0.05) is 0 Å². The Morgan fingerprint density at radius 1 is 1.45 bits per heavy atom. The van der Waals surface area contributed by atoms with Crippen LogP contribution in [0.15, 0.2) is 24.3 Å². The minimum atomic E-state index is -2.56. The molecule has 1 atom stereocenters. The van der Waals surface area contributed by atoms with Crippen LogP contribution in [0, 0.1) is 0 Å². The molecule has 0 aromatic heterocycles. The minimum Gasteiger partial charge on any atom is -0.740 e. The molecule has 1 aromatic rings. The van der Waals surface area contributed by atoms with Crippen LogP contribution < -0.4 is 4.18 Å². The molecule has 0 fully saturated rings. The van der Waals surface area contributed by atoms with Crippen LogP contribution in [0.1, 0.15) is 0 Å². The van der Waals surface area contributed by atoms with Crippen molar-refractivity contribution in [2.45, 2.75) is 0 Å². The molecule has 1 aromatic carbocycles. The maximum Gasteiger partial charge on any atom is 0.157 e. The third-order valence-electron chi connectivity index (χ3n) is 0.994. The molecule has 1 unspecified atom stereocenters. The Labute approximate surface area is 71.4 Å². The molecule has 3 nitrogen and oxygen atoms in total. The Morgan fingerprint density at radius 3 is 2.64 bits per heavy atom. The second-order valence-corrected chi connectivity index (χ2v) is 2.70. The number of hydrogen-bond acceptors (Lipinski definition) is 3. The average Bonchev–Trinajstić information content (AvgIpc) is 1.93. The van der Waals surface area contributed by atoms with Gasteiger partial charge >= 0.3 is 0 Å². The zero-order chi connectivity index (χ0) is 8.27. The fraction of sp³-hybridized carbons (Fsp3) is 0. The van der Waals surface area contributed by atoms with Crippen molar-refractivity contribution in [2.75, 3.05) is 0 Å². The van der Waals surface area contributed by atoms with Crippen LogP contribution in [0.5, 0.6) is 5.75 Å². The first-order valence-corrected chi connectivity index (χ1v) is 4.10. The Kier molecular flexibility index (Phi) is 2.87. The molecule has 0 amide bonds. The predicted molar refractivity (Wildman–Crippen MR) is 41.0 cm³/mol. The Morgan fingerprint density at radius 2 is 2.09 bits per heavy atom. The molecule has 0 spiro atoms. The van der Waals surface area contributed by atoms with Crippen LogP contribution >= 0.6 is 11.6 Å². The maximum atomic E-state index is 10.0. The van der Waals surface area contributed by atoms with Gasteiger partial charge in [-0.15, -0.1) is 0 Å². The second-order valence-electron chi connectivity index (χ2n) is 1.72. The van der Waals surface area contributed by atoms with Gasteiger partial charge in [-0.05, 0) is 12.1 Å². The largest absolute Gasteiger partial charge is 0.740 e. The fourth-order valence-corrected chi connectivity index (χ4v) is 1.10. The SMILES string of the molecule is O=S([O-])Oc1ccccc1Cl. The fourth-order valence-electron chi connectivity index (χ4n) is 0.586. The first-order chi connectivity index (χ1) is 5.20. The quantitative estimate of drug-likeness (QED) is 0.666. The van der Waals surface area contributed by atoms with Crippen molar-refractivity contribution < 1.29 is 12.9 Å². The monoisotopic (exact) mass is 191 g/mol. The van der Waals surface area contributed by atoms with E-state index >= 15 is 0 Å². The molecular weight excluding hydrogens is 188 g/mol. The van der Waals surface area contributed by atoms with Crippen LogP contribution in [0.2, 0.25) is 5.02 Å². The normalized spacial score (nSPS) is 12.5. The summed E-state index contributed by atoms with van der Waals surface area (Å²) in [5, 5.41) is 0.275. The second kappa shape index (κ2) is 3.71. The zero-order valence-electron chi connectivity index (χ0n) is 5.32. The van der Waals surface area contributed by atoms with Gasteiger partial charge in [-0.3, -0.25) is 0 Å². The highest BCUT2D eigenvalue weighted by atomic mass is 35.5. The molecular formula is C6H4ClO3S-. The van der Waals surface area contributed by atoms with Gasteiger partial charge in [0.25, 0.3) is 0 Å². The highest BCUT2D eigenvalue weighted by Gasteiger charge is 1.97. The van der Waals surface area contributed by atoms with Gasteiger partial charge in [-0.1, -0.05) is 23.7 Å². The van der Waals surface area contributed by atoms with E-state index in [0.717, 1.165) is 0 Å². The van der Waals surface area contributed by atoms with Gasteiger partial charge in [-0.2, -0.15) is 0 Å². The number of para-hydroxylation sites is 1. The third kappa shape index (κ3) is 2.49. The van der Waals surface area contributed by atoms with E-state index in [1.165, 1.54) is 6.07 Å². The lowest BCUT2D eigenvalue weighted by atomic mass is 10.3. The van der Waals surface area contributed by atoms with E-state index in [0.29, 0.717) is 0 Å². The van der Waals surface area contributed by atoms with Gasteiger partial charge in [0.05, 0.1) is 5.02 Å². The van der Waals surface area contributed by atoms with E-state index < -0.39 is 11.4 Å². The van der Waals surface area contributed by atoms with Crippen LogP contribution in [0.25, 0.3) is 0 Å². The molecule has 0 saturated carbocycles. The smallest absolute Gasteiger partial charge is 0.157 e. The van der Waals surface area contributed by atoms with Crippen molar-refractivity contribution in [3.63, 3.8) is 0 Å². The van der Waals surface area contributed by atoms with Gasteiger partial charge in [0.15, 0.2) is 5.75 Å². The molecule has 0 aliphatic heterocycles. The summed E-state index contributed by atoms with van der Waals surface area (Å²) in [6, 6.07) is 6.33. The lowest BCUT2D eigenvalue weighted by molar-refractivity contribution is 0.440. The van der Waals surface area contributed by atoms with E-state index in [2.05, 4.69) is 4.18 Å². The van der Waals surface area contributed by atoms with Crippen LogP contribution in [0.3, 0.4) is 0 Å². The van der Waals surface area contributed by atoms with Gasteiger partial charge in [0.1, 0.15) is 11.4 Å². The van der Waals surface area contributed by atoms with E-state index in [4.69, 9.17) is 11.6 Å². The number of rotatable bonds is 2. The Balaban J connectivity index is 2.86. The molecule has 1 rings (SSSR count). The first kappa shape index (κ1) is 8.52. The summed E-state index contributed by atoms with van der Waals surface area (Å²) in [4.78, 5) is 0. The number of benzene rings is 1. The summed E-state index contributed by atoms with van der Waals surface area (Å²) < 4.78 is 24.4. The Hall–Kier alpha value is -0.580. The lowest BCUT2D eigenvalue weighted by Crippen LogP contribution is -1.97.